The third-order valence-electron chi connectivity index (χ3n) is 6.99. The summed E-state index contributed by atoms with van der Waals surface area (Å²) in [5.41, 5.74) is 1.65. The van der Waals surface area contributed by atoms with Crippen LogP contribution in [0.2, 0.25) is 25.7 Å². The molecule has 3 heterocycles. The number of nitrogens with one attached hydrogen (secondary N) is 1. The Bertz CT molecular complexity index is 1870. The van der Waals surface area contributed by atoms with Gasteiger partial charge in [-0.05, 0) is 54.6 Å². The number of aromatic nitrogens is 5. The fourth-order valence-electron chi connectivity index (χ4n) is 4.58. The number of alkyl halides is 2. The maximum absolute atomic E-state index is 13.6. The highest BCUT2D eigenvalue weighted by Crippen LogP contribution is 2.40. The molecule has 0 bridgehead atoms. The molecule has 0 radical (unpaired) electrons. The van der Waals surface area contributed by atoms with Gasteiger partial charge >= 0.3 is 6.61 Å². The summed E-state index contributed by atoms with van der Waals surface area (Å²) in [6.45, 7) is 4.01. The first-order valence-electron chi connectivity index (χ1n) is 14.7. The van der Waals surface area contributed by atoms with Crippen molar-refractivity contribution < 1.29 is 32.6 Å². The van der Waals surface area contributed by atoms with Crippen LogP contribution in [-0.4, -0.2) is 76.5 Å². The van der Waals surface area contributed by atoms with Crippen molar-refractivity contribution in [1.82, 2.24) is 29.3 Å². The SMILES string of the molecule is CN(C)C(=O)c1ccc(Oc2ccc(OC(F)F)c(-c3c(NC(=O)c4cnn5cccnc45)cnn3COCC[Si](C)(C)C)c2)cc1. The highest BCUT2D eigenvalue weighted by Gasteiger charge is 2.24. The summed E-state index contributed by atoms with van der Waals surface area (Å²) in [5.74, 6) is -0.176. The molecule has 0 aliphatic rings. The molecule has 0 unspecified atom stereocenters. The van der Waals surface area contributed by atoms with Gasteiger partial charge in [-0.15, -0.1) is 0 Å². The minimum atomic E-state index is -3.13. The predicted octanol–water partition coefficient (Wildman–Crippen LogP) is 6.25. The van der Waals surface area contributed by atoms with E-state index in [1.807, 2.05) is 0 Å². The molecule has 0 aliphatic carbocycles. The van der Waals surface area contributed by atoms with Crippen LogP contribution in [0.5, 0.6) is 17.2 Å². The van der Waals surface area contributed by atoms with Crippen molar-refractivity contribution in [2.24, 2.45) is 0 Å². The third-order valence-corrected chi connectivity index (χ3v) is 8.69. The molecule has 2 aromatic carbocycles. The normalized spacial score (nSPS) is 11.6. The molecule has 3 aromatic heterocycles. The van der Waals surface area contributed by atoms with Gasteiger partial charge in [-0.1, -0.05) is 19.6 Å². The van der Waals surface area contributed by atoms with E-state index < -0.39 is 20.6 Å². The van der Waals surface area contributed by atoms with E-state index in [0.29, 0.717) is 23.6 Å². The molecular weight excluding hydrogens is 628 g/mol. The summed E-state index contributed by atoms with van der Waals surface area (Å²) >= 11 is 0. The Kier molecular flexibility index (Phi) is 9.96. The van der Waals surface area contributed by atoms with Crippen molar-refractivity contribution in [3.05, 3.63) is 84.4 Å². The zero-order chi connectivity index (χ0) is 33.7. The van der Waals surface area contributed by atoms with Gasteiger partial charge in [0, 0.05) is 52.3 Å². The molecule has 0 spiro atoms. The molecule has 0 atom stereocenters. The molecule has 12 nitrogen and oxygen atoms in total. The van der Waals surface area contributed by atoms with Crippen LogP contribution in [-0.2, 0) is 11.5 Å². The van der Waals surface area contributed by atoms with Crippen molar-refractivity contribution in [2.75, 3.05) is 26.0 Å². The van der Waals surface area contributed by atoms with Crippen LogP contribution >= 0.6 is 0 Å². The quantitative estimate of drug-likeness (QED) is 0.116. The van der Waals surface area contributed by atoms with Gasteiger partial charge < -0.3 is 24.4 Å². The minimum Gasteiger partial charge on any atom is -0.457 e. The van der Waals surface area contributed by atoms with Gasteiger partial charge in [-0.3, -0.25) is 9.59 Å². The smallest absolute Gasteiger partial charge is 0.387 e. The zero-order valence-electron chi connectivity index (χ0n) is 26.6. The van der Waals surface area contributed by atoms with Crippen LogP contribution in [0, 0.1) is 0 Å². The second kappa shape index (κ2) is 14.1. The predicted molar refractivity (Wildman–Crippen MR) is 174 cm³/mol. The number of fused-ring (bicyclic) bond motifs is 1. The summed E-state index contributed by atoms with van der Waals surface area (Å²) in [6.07, 6.45) is 6.00. The van der Waals surface area contributed by atoms with Crippen LogP contribution in [0.1, 0.15) is 20.7 Å². The first-order chi connectivity index (χ1) is 22.4. The van der Waals surface area contributed by atoms with Crippen LogP contribution in [0.3, 0.4) is 0 Å². The second-order valence-corrected chi connectivity index (χ2v) is 17.6. The average molecular weight is 664 g/mol. The third kappa shape index (κ3) is 8.17. The zero-order valence-corrected chi connectivity index (χ0v) is 27.6. The van der Waals surface area contributed by atoms with E-state index in [9.17, 15) is 18.4 Å². The number of rotatable bonds is 13. The van der Waals surface area contributed by atoms with E-state index >= 15 is 0 Å². The van der Waals surface area contributed by atoms with Gasteiger partial charge in [0.1, 0.15) is 29.5 Å². The van der Waals surface area contributed by atoms with Gasteiger partial charge in [0.15, 0.2) is 5.65 Å². The Morgan fingerprint density at radius 2 is 1.77 bits per heavy atom. The van der Waals surface area contributed by atoms with Gasteiger partial charge in [0.25, 0.3) is 11.8 Å². The van der Waals surface area contributed by atoms with Gasteiger partial charge in [0.2, 0.25) is 0 Å². The van der Waals surface area contributed by atoms with Crippen LogP contribution in [0.25, 0.3) is 16.9 Å². The molecule has 2 amide bonds. The van der Waals surface area contributed by atoms with Crippen molar-refractivity contribution in [3.63, 3.8) is 0 Å². The molecule has 5 aromatic rings. The van der Waals surface area contributed by atoms with Crippen LogP contribution in [0.15, 0.2) is 73.3 Å². The molecule has 0 saturated heterocycles. The lowest BCUT2D eigenvalue weighted by molar-refractivity contribution is -0.0495. The molecule has 246 valence electrons. The number of amides is 2. The second-order valence-electron chi connectivity index (χ2n) is 12.0. The number of benzene rings is 2. The first-order valence-corrected chi connectivity index (χ1v) is 18.4. The van der Waals surface area contributed by atoms with Gasteiger partial charge in [0.05, 0.1) is 23.8 Å². The standard InChI is InChI=1S/C32H35F2N7O5Si/c1-39(2)31(43)21-7-9-22(10-8-21)45-23-11-12-27(46-32(33)34)24(17-23)28-26(19-37-41(28)20-44-15-16-47(3,4)5)38-30(42)25-18-36-40-14-6-13-35-29(25)40/h6-14,17-19,32H,15-16,20H2,1-5H3,(H,38,42). The maximum atomic E-state index is 13.6. The molecule has 15 heteroatoms. The fraction of sp³-hybridized carbons (Fsp3) is 0.281. The van der Waals surface area contributed by atoms with Gasteiger partial charge in [-0.2, -0.15) is 19.0 Å². The van der Waals surface area contributed by atoms with E-state index in [2.05, 4.69) is 40.1 Å². The van der Waals surface area contributed by atoms with E-state index in [-0.39, 0.29) is 46.6 Å². The Morgan fingerprint density at radius 1 is 1.02 bits per heavy atom. The molecule has 0 saturated carbocycles. The summed E-state index contributed by atoms with van der Waals surface area (Å²) in [7, 11) is 1.92. The Labute approximate surface area is 270 Å². The van der Waals surface area contributed by atoms with Crippen molar-refractivity contribution in [3.8, 4) is 28.5 Å². The number of anilines is 1. The van der Waals surface area contributed by atoms with Crippen molar-refractivity contribution in [2.45, 2.75) is 39.0 Å². The highest BCUT2D eigenvalue weighted by molar-refractivity contribution is 6.76. The van der Waals surface area contributed by atoms with Crippen LogP contribution in [0.4, 0.5) is 14.5 Å². The number of halogens is 2. The van der Waals surface area contributed by atoms with E-state index in [1.54, 1.807) is 56.8 Å². The number of hydrogen-bond donors (Lipinski definition) is 1. The topological polar surface area (TPSA) is 125 Å². The number of ether oxygens (including phenoxy) is 3. The van der Waals surface area contributed by atoms with E-state index in [4.69, 9.17) is 14.2 Å². The molecule has 1 N–H and O–H groups in total. The van der Waals surface area contributed by atoms with Gasteiger partial charge in [-0.25, -0.2) is 14.2 Å². The lowest BCUT2D eigenvalue weighted by Gasteiger charge is -2.18. The number of hydrogen-bond acceptors (Lipinski definition) is 8. The molecule has 5 rings (SSSR count). The van der Waals surface area contributed by atoms with Crippen molar-refractivity contribution >= 4 is 31.2 Å². The highest BCUT2D eigenvalue weighted by atomic mass is 28.3. The fourth-order valence-corrected chi connectivity index (χ4v) is 5.34. The largest absolute Gasteiger partial charge is 0.457 e. The summed E-state index contributed by atoms with van der Waals surface area (Å²) in [5, 5.41) is 11.4. The number of carbonyl (C=O) groups is 2. The van der Waals surface area contributed by atoms with Crippen LogP contribution < -0.4 is 14.8 Å². The Hall–Kier alpha value is -5.15. The van der Waals surface area contributed by atoms with E-state index in [1.165, 1.54) is 44.7 Å². The maximum Gasteiger partial charge on any atom is 0.387 e. The molecule has 0 fully saturated rings. The summed E-state index contributed by atoms with van der Waals surface area (Å²) < 4.78 is 47.1. The van der Waals surface area contributed by atoms with Crippen molar-refractivity contribution in [1.29, 1.82) is 0 Å². The lowest BCUT2D eigenvalue weighted by atomic mass is 10.1. The van der Waals surface area contributed by atoms with E-state index in [0.717, 1.165) is 6.04 Å². The molecule has 0 aliphatic heterocycles. The number of nitrogens with zero attached hydrogens (tertiary/aromatic N) is 6. The summed E-state index contributed by atoms with van der Waals surface area (Å²) in [4.78, 5) is 31.5. The average Bonchev–Trinajstić information content (AvgIpc) is 3.63. The summed E-state index contributed by atoms with van der Waals surface area (Å²) in [6, 6.07) is 13.4. The molecule has 47 heavy (non-hydrogen) atoms. The Balaban J connectivity index is 1.52. The molecular formula is C32H35F2N7O5Si. The minimum absolute atomic E-state index is 0.0193. The lowest BCUT2D eigenvalue weighted by Crippen LogP contribution is -2.22. The first kappa shape index (κ1) is 33.2. The number of carbonyl (C=O) groups excluding carboxylic acids is 2. The monoisotopic (exact) mass is 663 g/mol. The Morgan fingerprint density at radius 3 is 2.47 bits per heavy atom.